The van der Waals surface area contributed by atoms with Gasteiger partial charge in [-0.15, -0.1) is 0 Å². The predicted molar refractivity (Wildman–Crippen MR) is 126 cm³/mol. The summed E-state index contributed by atoms with van der Waals surface area (Å²) in [5, 5.41) is 5.13. The second-order valence-electron chi connectivity index (χ2n) is 9.26. The summed E-state index contributed by atoms with van der Waals surface area (Å²) in [5.74, 6) is 0.825. The van der Waals surface area contributed by atoms with E-state index in [1.54, 1.807) is 12.1 Å². The average Bonchev–Trinajstić information content (AvgIpc) is 2.70. The van der Waals surface area contributed by atoms with Gasteiger partial charge in [0, 0.05) is 6.42 Å². The van der Waals surface area contributed by atoms with Crippen LogP contribution in [-0.2, 0) is 32.4 Å². The Balaban J connectivity index is 1.81. The lowest BCUT2D eigenvalue weighted by Crippen LogP contribution is -2.26. The second kappa shape index (κ2) is 11.0. The molecule has 6 nitrogen and oxygen atoms in total. The van der Waals surface area contributed by atoms with Gasteiger partial charge < -0.3 is 9.47 Å². The highest BCUT2D eigenvalue weighted by molar-refractivity contribution is 7.89. The highest BCUT2D eigenvalue weighted by Gasteiger charge is 2.19. The Labute approximate surface area is 192 Å². The van der Waals surface area contributed by atoms with E-state index in [1.807, 2.05) is 52.0 Å². The normalized spacial score (nSPS) is 13.9. The molecule has 0 amide bonds. The van der Waals surface area contributed by atoms with Gasteiger partial charge in [-0.05, 0) is 88.3 Å². The maximum Gasteiger partial charge on any atom is 0.306 e. The summed E-state index contributed by atoms with van der Waals surface area (Å²) in [4.78, 5) is 12.0. The van der Waals surface area contributed by atoms with Crippen LogP contribution in [0.2, 0.25) is 0 Å². The molecule has 176 valence electrons. The zero-order valence-corrected chi connectivity index (χ0v) is 20.4. The molecule has 0 saturated carbocycles. The van der Waals surface area contributed by atoms with Crippen LogP contribution >= 0.6 is 0 Å². The number of primary sulfonamides is 1. The van der Waals surface area contributed by atoms with Gasteiger partial charge in [0.25, 0.3) is 0 Å². The maximum atomic E-state index is 11.9. The van der Waals surface area contributed by atoms with E-state index in [9.17, 15) is 13.2 Å². The van der Waals surface area contributed by atoms with Crippen LogP contribution in [0.15, 0.2) is 53.4 Å². The Kier molecular flexibility index (Phi) is 8.87. The number of carbonyl (C=O) groups is 1. The van der Waals surface area contributed by atoms with Crippen LogP contribution in [-0.4, -0.2) is 26.1 Å². The lowest BCUT2D eigenvalue weighted by Gasteiger charge is -2.23. The summed E-state index contributed by atoms with van der Waals surface area (Å²) < 4.78 is 34.1. The number of esters is 1. The lowest BCUT2D eigenvalue weighted by molar-refractivity contribution is -0.155. The van der Waals surface area contributed by atoms with E-state index in [-0.39, 0.29) is 22.9 Å². The molecule has 0 fully saturated rings. The van der Waals surface area contributed by atoms with Crippen molar-refractivity contribution in [3.63, 3.8) is 0 Å². The number of ether oxygens (including phenoxy) is 2. The van der Waals surface area contributed by atoms with Crippen molar-refractivity contribution in [3.05, 3.63) is 59.7 Å². The Morgan fingerprint density at radius 1 is 0.938 bits per heavy atom. The number of rotatable bonds is 10. The molecule has 2 unspecified atom stereocenters. The first-order valence-electron chi connectivity index (χ1n) is 10.9. The van der Waals surface area contributed by atoms with Gasteiger partial charge in [-0.3, -0.25) is 4.79 Å². The summed E-state index contributed by atoms with van der Waals surface area (Å²) in [5.41, 5.74) is 1.75. The molecule has 32 heavy (non-hydrogen) atoms. The topological polar surface area (TPSA) is 95.7 Å². The minimum atomic E-state index is -3.66. The third-order valence-corrected chi connectivity index (χ3v) is 6.15. The molecule has 0 spiro atoms. The highest BCUT2D eigenvalue weighted by atomic mass is 32.2. The molecule has 2 atom stereocenters. The standard InChI is InChI=1S/C25H35NO5S/c1-18(6-17-24(27)31-25(3,4)5)19(2)30-22-13-9-20(10-14-22)7-8-21-11-15-23(16-12-21)32(26,28)29/h9-16,18-19H,6-8,17H2,1-5H3,(H2,26,28,29). The van der Waals surface area contributed by atoms with Crippen molar-refractivity contribution in [2.24, 2.45) is 11.1 Å². The van der Waals surface area contributed by atoms with Crippen molar-refractivity contribution in [1.29, 1.82) is 0 Å². The van der Waals surface area contributed by atoms with Crippen molar-refractivity contribution in [3.8, 4) is 5.75 Å². The zero-order valence-electron chi connectivity index (χ0n) is 19.6. The van der Waals surface area contributed by atoms with E-state index >= 15 is 0 Å². The smallest absolute Gasteiger partial charge is 0.306 e. The van der Waals surface area contributed by atoms with Gasteiger partial charge in [0.05, 0.1) is 11.0 Å². The van der Waals surface area contributed by atoms with Crippen molar-refractivity contribution in [2.45, 2.75) is 76.9 Å². The molecule has 0 bridgehead atoms. The second-order valence-corrected chi connectivity index (χ2v) is 10.8. The molecule has 2 rings (SSSR count). The fraction of sp³-hybridized carbons (Fsp3) is 0.480. The third kappa shape index (κ3) is 9.01. The van der Waals surface area contributed by atoms with E-state index in [4.69, 9.17) is 14.6 Å². The van der Waals surface area contributed by atoms with Crippen LogP contribution in [0.25, 0.3) is 0 Å². The number of benzene rings is 2. The number of hydrogen-bond donors (Lipinski definition) is 1. The van der Waals surface area contributed by atoms with E-state index in [0.29, 0.717) is 12.8 Å². The van der Waals surface area contributed by atoms with Gasteiger partial charge in [-0.25, -0.2) is 13.6 Å². The average molecular weight is 462 g/mol. The molecule has 0 aromatic heterocycles. The van der Waals surface area contributed by atoms with E-state index in [2.05, 4.69) is 6.92 Å². The minimum Gasteiger partial charge on any atom is -0.490 e. The molecule has 0 aliphatic heterocycles. The Morgan fingerprint density at radius 2 is 1.44 bits per heavy atom. The molecule has 0 heterocycles. The van der Waals surface area contributed by atoms with Gasteiger partial charge in [0.2, 0.25) is 10.0 Å². The van der Waals surface area contributed by atoms with Crippen molar-refractivity contribution in [1.82, 2.24) is 0 Å². The molecular formula is C25H35NO5S. The first-order chi connectivity index (χ1) is 14.8. The fourth-order valence-corrected chi connectivity index (χ4v) is 3.69. The summed E-state index contributed by atoms with van der Waals surface area (Å²) >= 11 is 0. The van der Waals surface area contributed by atoms with Crippen molar-refractivity contribution in [2.75, 3.05) is 0 Å². The molecule has 0 radical (unpaired) electrons. The van der Waals surface area contributed by atoms with E-state index < -0.39 is 15.6 Å². The van der Waals surface area contributed by atoms with Crippen molar-refractivity contribution >= 4 is 16.0 Å². The van der Waals surface area contributed by atoms with Crippen LogP contribution in [0.4, 0.5) is 0 Å². The fourth-order valence-electron chi connectivity index (χ4n) is 3.17. The quantitative estimate of drug-likeness (QED) is 0.520. The van der Waals surface area contributed by atoms with Crippen LogP contribution in [0, 0.1) is 5.92 Å². The van der Waals surface area contributed by atoms with Crippen LogP contribution < -0.4 is 9.88 Å². The monoisotopic (exact) mass is 461 g/mol. The molecule has 2 N–H and O–H groups in total. The first-order valence-corrected chi connectivity index (χ1v) is 12.5. The largest absolute Gasteiger partial charge is 0.490 e. The van der Waals surface area contributed by atoms with Gasteiger partial charge >= 0.3 is 5.97 Å². The Bertz CT molecular complexity index is 976. The Hall–Kier alpha value is -2.38. The molecule has 2 aromatic rings. The number of hydrogen-bond acceptors (Lipinski definition) is 5. The molecule has 0 saturated heterocycles. The molecular weight excluding hydrogens is 426 g/mol. The lowest BCUT2D eigenvalue weighted by atomic mass is 10.00. The first kappa shape index (κ1) is 25.9. The molecule has 7 heteroatoms. The van der Waals surface area contributed by atoms with Crippen molar-refractivity contribution < 1.29 is 22.7 Å². The molecule has 0 aliphatic carbocycles. The van der Waals surface area contributed by atoms with Gasteiger partial charge in [-0.2, -0.15) is 0 Å². The summed E-state index contributed by atoms with van der Waals surface area (Å²) in [6.07, 6.45) is 2.68. The minimum absolute atomic E-state index is 0.0272. The SMILES string of the molecule is CC(CCC(=O)OC(C)(C)C)C(C)Oc1ccc(CCc2ccc(S(N)(=O)=O)cc2)cc1. The highest BCUT2D eigenvalue weighted by Crippen LogP contribution is 2.21. The molecule has 0 aliphatic rings. The van der Waals surface area contributed by atoms with Crippen LogP contribution in [0.1, 0.15) is 58.6 Å². The molecule has 2 aromatic carbocycles. The van der Waals surface area contributed by atoms with E-state index in [0.717, 1.165) is 24.2 Å². The summed E-state index contributed by atoms with van der Waals surface area (Å²) in [6.45, 7) is 9.69. The van der Waals surface area contributed by atoms with Gasteiger partial charge in [0.1, 0.15) is 11.4 Å². The van der Waals surface area contributed by atoms with Gasteiger partial charge in [-0.1, -0.05) is 31.2 Å². The third-order valence-electron chi connectivity index (χ3n) is 5.22. The number of aryl methyl sites for hydroxylation is 2. The van der Waals surface area contributed by atoms with E-state index in [1.165, 1.54) is 17.7 Å². The van der Waals surface area contributed by atoms with Crippen LogP contribution in [0.5, 0.6) is 5.75 Å². The zero-order chi connectivity index (χ0) is 23.9. The predicted octanol–water partition coefficient (Wildman–Crippen LogP) is 4.64. The maximum absolute atomic E-state index is 11.9. The van der Waals surface area contributed by atoms with Crippen LogP contribution in [0.3, 0.4) is 0 Å². The summed E-state index contributed by atoms with van der Waals surface area (Å²) in [7, 11) is -3.66. The number of nitrogens with two attached hydrogens (primary N) is 1. The number of carbonyl (C=O) groups excluding carboxylic acids is 1. The van der Waals surface area contributed by atoms with Gasteiger partial charge in [0.15, 0.2) is 0 Å². The summed E-state index contributed by atoms with van der Waals surface area (Å²) in [6, 6.07) is 14.6. The Morgan fingerprint density at radius 3 is 1.91 bits per heavy atom. The number of sulfonamides is 1.